The molecule has 1 N–H and O–H groups in total. The van der Waals surface area contributed by atoms with Gasteiger partial charge in [0.05, 0.1) is 7.11 Å². The van der Waals surface area contributed by atoms with E-state index in [0.29, 0.717) is 11.3 Å². The van der Waals surface area contributed by atoms with Gasteiger partial charge >= 0.3 is 0 Å². The maximum Gasteiger partial charge on any atom is 0.208 e. The van der Waals surface area contributed by atoms with E-state index in [9.17, 15) is 15.2 Å². The summed E-state index contributed by atoms with van der Waals surface area (Å²) in [4.78, 5) is 9.71. The number of nitro groups is 1. The average molecular weight is 197 g/mol. The lowest BCUT2D eigenvalue weighted by Gasteiger charge is -2.04. The summed E-state index contributed by atoms with van der Waals surface area (Å²) in [6, 6.07) is 4.66. The Morgan fingerprint density at radius 2 is 2.29 bits per heavy atom. The van der Waals surface area contributed by atoms with Crippen molar-refractivity contribution in [3.8, 4) is 11.5 Å². The number of phenols is 1. The molecule has 5 nitrogen and oxygen atoms in total. The van der Waals surface area contributed by atoms with Crippen LogP contribution in [0.4, 0.5) is 0 Å². The van der Waals surface area contributed by atoms with Crippen LogP contribution in [0.15, 0.2) is 18.2 Å². The summed E-state index contributed by atoms with van der Waals surface area (Å²) in [7, 11) is 1.50. The molecule has 0 aliphatic carbocycles. The lowest BCUT2D eigenvalue weighted by atomic mass is 10.1. The molecule has 0 aliphatic rings. The van der Waals surface area contributed by atoms with Gasteiger partial charge in [-0.25, -0.2) is 0 Å². The van der Waals surface area contributed by atoms with Crippen molar-refractivity contribution in [2.24, 2.45) is 0 Å². The van der Waals surface area contributed by atoms with Crippen molar-refractivity contribution in [1.82, 2.24) is 0 Å². The molecule has 14 heavy (non-hydrogen) atoms. The molecule has 0 unspecified atom stereocenters. The highest BCUT2D eigenvalue weighted by Gasteiger charge is 2.06. The molecule has 1 aromatic carbocycles. The molecule has 1 rings (SSSR count). The van der Waals surface area contributed by atoms with Gasteiger partial charge in [-0.3, -0.25) is 10.1 Å². The Hall–Kier alpha value is -1.78. The molecule has 76 valence electrons. The second kappa shape index (κ2) is 4.45. The number of aromatic hydroxyl groups is 1. The summed E-state index contributed by atoms with van der Waals surface area (Å²) in [6.45, 7) is -0.194. The molecule has 0 fully saturated rings. The topological polar surface area (TPSA) is 72.6 Å². The Labute approximate surface area is 81.1 Å². The second-order valence-corrected chi connectivity index (χ2v) is 2.80. The molecular formula is C9H11NO4. The van der Waals surface area contributed by atoms with E-state index in [1.54, 1.807) is 12.1 Å². The predicted molar refractivity (Wildman–Crippen MR) is 50.2 cm³/mol. The molecule has 5 heteroatoms. The number of phenolic OH excluding ortho intramolecular Hbond substituents is 1. The smallest absolute Gasteiger partial charge is 0.208 e. The summed E-state index contributed by atoms with van der Waals surface area (Å²) in [5.74, 6) is 0.647. The van der Waals surface area contributed by atoms with Gasteiger partial charge in [-0.15, -0.1) is 0 Å². The van der Waals surface area contributed by atoms with Crippen LogP contribution in [0, 0.1) is 10.1 Å². The maximum absolute atomic E-state index is 10.1. The highest BCUT2D eigenvalue weighted by atomic mass is 16.6. The van der Waals surface area contributed by atoms with Crippen LogP contribution in [0.5, 0.6) is 11.5 Å². The number of hydrogen-bond acceptors (Lipinski definition) is 4. The van der Waals surface area contributed by atoms with E-state index in [-0.39, 0.29) is 18.7 Å². The van der Waals surface area contributed by atoms with Crippen LogP contribution in [0.25, 0.3) is 0 Å². The number of ether oxygens (including phenoxy) is 1. The van der Waals surface area contributed by atoms with Crippen molar-refractivity contribution in [3.63, 3.8) is 0 Å². The van der Waals surface area contributed by atoms with Crippen molar-refractivity contribution in [2.75, 3.05) is 13.7 Å². The van der Waals surface area contributed by atoms with E-state index in [1.807, 2.05) is 0 Å². The van der Waals surface area contributed by atoms with Gasteiger partial charge in [0.25, 0.3) is 0 Å². The minimum Gasteiger partial charge on any atom is -0.508 e. The fourth-order valence-electron chi connectivity index (χ4n) is 1.10. The lowest BCUT2D eigenvalue weighted by molar-refractivity contribution is -0.479. The van der Waals surface area contributed by atoms with Crippen LogP contribution in [-0.4, -0.2) is 23.7 Å². The van der Waals surface area contributed by atoms with E-state index >= 15 is 0 Å². The first-order valence-corrected chi connectivity index (χ1v) is 4.11. The number of methoxy groups -OCH3 is 1. The van der Waals surface area contributed by atoms with Crippen LogP contribution in [-0.2, 0) is 6.42 Å². The van der Waals surface area contributed by atoms with Crippen LogP contribution in [0.2, 0.25) is 0 Å². The van der Waals surface area contributed by atoms with Crippen molar-refractivity contribution in [3.05, 3.63) is 33.9 Å². The van der Waals surface area contributed by atoms with Gasteiger partial charge in [-0.05, 0) is 18.2 Å². The van der Waals surface area contributed by atoms with Crippen LogP contribution < -0.4 is 4.74 Å². The SMILES string of the molecule is COc1ccc(O)c(CC[N+](=O)[O-])c1. The van der Waals surface area contributed by atoms with E-state index in [0.717, 1.165) is 0 Å². The van der Waals surface area contributed by atoms with E-state index in [4.69, 9.17) is 4.74 Å². The minimum absolute atomic E-state index is 0.0626. The fourth-order valence-corrected chi connectivity index (χ4v) is 1.10. The third-order valence-corrected chi connectivity index (χ3v) is 1.85. The van der Waals surface area contributed by atoms with Gasteiger partial charge in [0.2, 0.25) is 6.54 Å². The molecule has 0 spiro atoms. The Morgan fingerprint density at radius 1 is 1.57 bits per heavy atom. The number of hydrogen-bond donors (Lipinski definition) is 1. The largest absolute Gasteiger partial charge is 0.508 e. The van der Waals surface area contributed by atoms with Crippen molar-refractivity contribution in [1.29, 1.82) is 0 Å². The Balaban J connectivity index is 2.78. The number of benzene rings is 1. The quantitative estimate of drug-likeness (QED) is 0.581. The van der Waals surface area contributed by atoms with Crippen molar-refractivity contribution < 1.29 is 14.8 Å². The standard InChI is InChI=1S/C9H11NO4/c1-14-8-2-3-9(11)7(6-8)4-5-10(12)13/h2-3,6,11H,4-5H2,1H3. The van der Waals surface area contributed by atoms with Gasteiger partial charge in [-0.2, -0.15) is 0 Å². The summed E-state index contributed by atoms with van der Waals surface area (Å²) < 4.78 is 4.94. The molecule has 0 amide bonds. The molecular weight excluding hydrogens is 186 g/mol. The third-order valence-electron chi connectivity index (χ3n) is 1.85. The van der Waals surface area contributed by atoms with Crippen LogP contribution in [0.3, 0.4) is 0 Å². The third kappa shape index (κ3) is 2.62. The predicted octanol–water partition coefficient (Wildman–Crippen LogP) is 1.22. The molecule has 0 radical (unpaired) electrons. The maximum atomic E-state index is 10.1. The van der Waals surface area contributed by atoms with E-state index in [2.05, 4.69) is 0 Å². The number of nitrogens with zero attached hydrogens (tertiary/aromatic N) is 1. The van der Waals surface area contributed by atoms with Crippen molar-refractivity contribution in [2.45, 2.75) is 6.42 Å². The van der Waals surface area contributed by atoms with Gasteiger partial charge < -0.3 is 9.84 Å². The first-order valence-electron chi connectivity index (χ1n) is 4.11. The van der Waals surface area contributed by atoms with Crippen molar-refractivity contribution >= 4 is 0 Å². The zero-order valence-electron chi connectivity index (χ0n) is 7.77. The Morgan fingerprint density at radius 3 is 2.86 bits per heavy atom. The molecule has 0 aliphatic heterocycles. The summed E-state index contributed by atoms with van der Waals surface area (Å²) >= 11 is 0. The second-order valence-electron chi connectivity index (χ2n) is 2.80. The highest BCUT2D eigenvalue weighted by molar-refractivity contribution is 5.39. The monoisotopic (exact) mass is 197 g/mol. The fraction of sp³-hybridized carbons (Fsp3) is 0.333. The normalized spacial score (nSPS) is 9.79. The molecule has 1 aromatic rings. The zero-order valence-corrected chi connectivity index (χ0v) is 7.77. The van der Waals surface area contributed by atoms with Gasteiger partial charge in [0.15, 0.2) is 0 Å². The molecule has 0 heterocycles. The Kier molecular flexibility index (Phi) is 3.28. The lowest BCUT2D eigenvalue weighted by Crippen LogP contribution is -2.04. The van der Waals surface area contributed by atoms with Gasteiger partial charge in [0.1, 0.15) is 11.5 Å². The molecule has 0 atom stereocenters. The first-order chi connectivity index (χ1) is 6.63. The van der Waals surface area contributed by atoms with E-state index < -0.39 is 4.92 Å². The van der Waals surface area contributed by atoms with Gasteiger partial charge in [0, 0.05) is 16.9 Å². The van der Waals surface area contributed by atoms with Crippen LogP contribution in [0.1, 0.15) is 5.56 Å². The highest BCUT2D eigenvalue weighted by Crippen LogP contribution is 2.22. The van der Waals surface area contributed by atoms with Gasteiger partial charge in [-0.1, -0.05) is 0 Å². The Bertz CT molecular complexity index is 338. The summed E-state index contributed by atoms with van der Waals surface area (Å²) in [6.07, 6.45) is 0.204. The molecule has 0 bridgehead atoms. The molecule has 0 saturated carbocycles. The molecule has 0 aromatic heterocycles. The van der Waals surface area contributed by atoms with Crippen LogP contribution >= 0.6 is 0 Å². The van der Waals surface area contributed by atoms with E-state index in [1.165, 1.54) is 13.2 Å². The summed E-state index contributed by atoms with van der Waals surface area (Å²) in [5.41, 5.74) is 0.529. The summed E-state index contributed by atoms with van der Waals surface area (Å²) in [5, 5.41) is 19.5. The molecule has 0 saturated heterocycles. The average Bonchev–Trinajstić information content (AvgIpc) is 2.16. The minimum atomic E-state index is -0.418. The number of rotatable bonds is 4. The zero-order chi connectivity index (χ0) is 10.6. The first kappa shape index (κ1) is 10.3.